The van der Waals surface area contributed by atoms with E-state index in [1.54, 1.807) is 0 Å². The molecule has 3 aromatic rings. The van der Waals surface area contributed by atoms with Gasteiger partial charge in [-0.2, -0.15) is 0 Å². The Kier molecular flexibility index (Phi) is 9.26. The van der Waals surface area contributed by atoms with E-state index in [0.29, 0.717) is 6.54 Å². The molecule has 0 amide bonds. The fourth-order valence-electron chi connectivity index (χ4n) is 4.12. The molecule has 0 spiro atoms. The molecule has 0 aliphatic rings. The van der Waals surface area contributed by atoms with Gasteiger partial charge in [0.25, 0.3) is 0 Å². The van der Waals surface area contributed by atoms with Gasteiger partial charge in [-0.15, -0.1) is 6.42 Å². The number of methoxy groups -OCH3 is 2. The van der Waals surface area contributed by atoms with Gasteiger partial charge in [-0.3, -0.25) is 9.59 Å². The zero-order chi connectivity index (χ0) is 26.2. The number of hydrogen-bond donors (Lipinski definition) is 0. The maximum Gasteiger partial charge on any atom is 0.326 e. The van der Waals surface area contributed by atoms with E-state index < -0.39 is 0 Å². The second kappa shape index (κ2) is 12.4. The highest BCUT2D eigenvalue weighted by Gasteiger charge is 2.23. The van der Waals surface area contributed by atoms with E-state index >= 15 is 0 Å². The Labute approximate surface area is 217 Å². The Morgan fingerprint density at radius 1 is 0.972 bits per heavy atom. The summed E-state index contributed by atoms with van der Waals surface area (Å²) in [5.74, 6) is 2.09. The summed E-state index contributed by atoms with van der Waals surface area (Å²) in [6.45, 7) is 6.49. The topological polar surface area (TPSA) is 59.1 Å². The van der Waals surface area contributed by atoms with Crippen molar-refractivity contribution in [1.82, 2.24) is 0 Å². The van der Waals surface area contributed by atoms with Crippen LogP contribution in [-0.4, -0.2) is 45.3 Å². The lowest BCUT2D eigenvalue weighted by Gasteiger charge is -2.31. The summed E-state index contributed by atoms with van der Waals surface area (Å²) in [6.07, 6.45) is 5.91. The second-order valence-electron chi connectivity index (χ2n) is 8.58. The molecule has 3 aromatic carbocycles. The van der Waals surface area contributed by atoms with E-state index in [0.717, 1.165) is 32.6 Å². The molecule has 7 heteroatoms. The van der Waals surface area contributed by atoms with Crippen LogP contribution in [0.25, 0.3) is 10.8 Å². The average Bonchev–Trinajstić information content (AvgIpc) is 2.87. The predicted octanol–water partition coefficient (Wildman–Crippen LogP) is 5.53. The van der Waals surface area contributed by atoms with Gasteiger partial charge in [-0.25, -0.2) is 0 Å². The number of nitrogens with zero attached hydrogens (tertiary/aromatic N) is 2. The van der Waals surface area contributed by atoms with Crippen molar-refractivity contribution in [2.24, 2.45) is 0 Å². The molecule has 6 nitrogen and oxygen atoms in total. The SMILES string of the molecule is C#CCN(c1ccc(N(CC(=O)OC)Sc2ccc(C)cc2C)c2ccccc12)[C@@H](C)CC(=O)OC. The average molecular weight is 505 g/mol. The van der Waals surface area contributed by atoms with Crippen LogP contribution >= 0.6 is 11.9 Å². The zero-order valence-corrected chi connectivity index (χ0v) is 22.2. The second-order valence-corrected chi connectivity index (χ2v) is 9.65. The Hall–Kier alpha value is -3.63. The smallest absolute Gasteiger partial charge is 0.326 e. The lowest BCUT2D eigenvalue weighted by molar-refractivity contribution is -0.141. The molecular weight excluding hydrogens is 472 g/mol. The molecule has 0 heterocycles. The molecule has 0 unspecified atom stereocenters. The number of aryl methyl sites for hydroxylation is 2. The molecule has 0 aromatic heterocycles. The Bertz CT molecular complexity index is 1280. The highest BCUT2D eigenvalue weighted by molar-refractivity contribution is 8.00. The number of rotatable bonds is 10. The summed E-state index contributed by atoms with van der Waals surface area (Å²) in [7, 11) is 2.78. The molecule has 0 N–H and O–H groups in total. The lowest BCUT2D eigenvalue weighted by atomic mass is 10.0. The summed E-state index contributed by atoms with van der Waals surface area (Å²) < 4.78 is 11.8. The Balaban J connectivity index is 2.11. The van der Waals surface area contributed by atoms with Crippen LogP contribution in [0.15, 0.2) is 59.5 Å². The number of carbonyl (C=O) groups excluding carboxylic acids is 2. The predicted molar refractivity (Wildman–Crippen MR) is 147 cm³/mol. The zero-order valence-electron chi connectivity index (χ0n) is 21.4. The highest BCUT2D eigenvalue weighted by atomic mass is 32.2. The molecule has 0 aliphatic carbocycles. The highest BCUT2D eigenvalue weighted by Crippen LogP contribution is 2.39. The van der Waals surface area contributed by atoms with Crippen LogP contribution in [0, 0.1) is 26.2 Å². The van der Waals surface area contributed by atoms with Gasteiger partial charge in [0.2, 0.25) is 0 Å². The first-order valence-electron chi connectivity index (χ1n) is 11.7. The third-order valence-corrected chi connectivity index (χ3v) is 7.18. The molecule has 3 rings (SSSR count). The van der Waals surface area contributed by atoms with Crippen molar-refractivity contribution in [2.75, 3.05) is 36.5 Å². The first kappa shape index (κ1) is 27.0. The van der Waals surface area contributed by atoms with Crippen molar-refractivity contribution < 1.29 is 19.1 Å². The van der Waals surface area contributed by atoms with Crippen LogP contribution in [0.5, 0.6) is 0 Å². The fourth-order valence-corrected chi connectivity index (χ4v) is 5.11. The van der Waals surface area contributed by atoms with E-state index in [1.807, 2.05) is 52.5 Å². The van der Waals surface area contributed by atoms with Crippen LogP contribution in [-0.2, 0) is 19.1 Å². The van der Waals surface area contributed by atoms with Crippen LogP contribution < -0.4 is 9.21 Å². The number of terminal acetylenes is 1. The van der Waals surface area contributed by atoms with Gasteiger partial charge >= 0.3 is 11.9 Å². The molecule has 0 radical (unpaired) electrons. The van der Waals surface area contributed by atoms with Gasteiger partial charge < -0.3 is 18.7 Å². The van der Waals surface area contributed by atoms with Crippen molar-refractivity contribution in [1.29, 1.82) is 0 Å². The molecule has 0 aliphatic heterocycles. The number of esters is 2. The van der Waals surface area contributed by atoms with E-state index in [4.69, 9.17) is 15.9 Å². The third kappa shape index (κ3) is 6.32. The van der Waals surface area contributed by atoms with E-state index in [9.17, 15) is 9.59 Å². The normalized spacial score (nSPS) is 11.4. The maximum atomic E-state index is 12.4. The van der Waals surface area contributed by atoms with Gasteiger partial charge in [0.05, 0.1) is 32.9 Å². The number of benzene rings is 3. The molecule has 0 saturated heterocycles. The Morgan fingerprint density at radius 3 is 2.22 bits per heavy atom. The van der Waals surface area contributed by atoms with Gasteiger partial charge in [0.1, 0.15) is 6.54 Å². The van der Waals surface area contributed by atoms with Crippen molar-refractivity contribution >= 4 is 46.0 Å². The van der Waals surface area contributed by atoms with Gasteiger partial charge in [0, 0.05) is 27.4 Å². The number of ether oxygens (including phenoxy) is 2. The van der Waals surface area contributed by atoms with E-state index in [1.165, 1.54) is 31.7 Å². The lowest BCUT2D eigenvalue weighted by Crippen LogP contribution is -2.35. The monoisotopic (exact) mass is 504 g/mol. The largest absolute Gasteiger partial charge is 0.469 e. The van der Waals surface area contributed by atoms with Crippen LogP contribution in [0.4, 0.5) is 11.4 Å². The van der Waals surface area contributed by atoms with Crippen LogP contribution in [0.1, 0.15) is 24.5 Å². The van der Waals surface area contributed by atoms with Gasteiger partial charge in [-0.05, 0) is 56.5 Å². The van der Waals surface area contributed by atoms with Crippen molar-refractivity contribution in [2.45, 2.75) is 38.1 Å². The fraction of sp³-hybridized carbons (Fsp3) is 0.310. The molecule has 0 fully saturated rings. The number of anilines is 2. The molecular formula is C29H32N2O4S. The minimum Gasteiger partial charge on any atom is -0.469 e. The van der Waals surface area contributed by atoms with Gasteiger partial charge in [-0.1, -0.05) is 47.9 Å². The van der Waals surface area contributed by atoms with Crippen molar-refractivity contribution in [3.05, 3.63) is 65.7 Å². The van der Waals surface area contributed by atoms with Crippen molar-refractivity contribution in [3.63, 3.8) is 0 Å². The minimum atomic E-state index is -0.332. The minimum absolute atomic E-state index is 0.0740. The summed E-state index contributed by atoms with van der Waals surface area (Å²) in [4.78, 5) is 27.4. The molecule has 36 heavy (non-hydrogen) atoms. The maximum absolute atomic E-state index is 12.4. The standard InChI is InChI=1S/C29H32N2O4S/c1-7-16-30(22(4)18-28(32)34-5)25-13-14-26(24-11-9-8-10-23(24)25)31(19-29(33)35-6)36-27-15-12-20(2)17-21(27)3/h1,8-15,17,22H,16,18-19H2,2-6H3/t22-/m0/s1. The number of carbonyl (C=O) groups is 2. The van der Waals surface area contributed by atoms with E-state index in [2.05, 4.69) is 38.0 Å². The molecule has 0 saturated carbocycles. The summed E-state index contributed by atoms with van der Waals surface area (Å²) >= 11 is 1.50. The van der Waals surface area contributed by atoms with Crippen molar-refractivity contribution in [3.8, 4) is 12.3 Å². The Morgan fingerprint density at radius 2 is 1.61 bits per heavy atom. The molecule has 188 valence electrons. The summed E-state index contributed by atoms with van der Waals surface area (Å²) in [6, 6.07) is 18.1. The first-order valence-corrected chi connectivity index (χ1v) is 12.4. The summed E-state index contributed by atoms with van der Waals surface area (Å²) in [5.41, 5.74) is 4.11. The quantitative estimate of drug-likeness (QED) is 0.204. The summed E-state index contributed by atoms with van der Waals surface area (Å²) in [5, 5.41) is 1.93. The van der Waals surface area contributed by atoms with Gasteiger partial charge in [0.15, 0.2) is 0 Å². The van der Waals surface area contributed by atoms with Crippen LogP contribution in [0.2, 0.25) is 0 Å². The number of fused-ring (bicyclic) bond motifs is 1. The van der Waals surface area contributed by atoms with E-state index in [-0.39, 0.29) is 30.9 Å². The number of hydrogen-bond acceptors (Lipinski definition) is 7. The van der Waals surface area contributed by atoms with Crippen LogP contribution in [0.3, 0.4) is 0 Å². The molecule has 1 atom stereocenters. The third-order valence-electron chi connectivity index (χ3n) is 5.98. The first-order chi connectivity index (χ1) is 17.3. The molecule has 0 bridgehead atoms.